The molecule has 13 rings (SSSR count). The molecule has 0 radical (unpaired) electrons. The number of anilines is 3. The molecule has 0 amide bonds. The van der Waals surface area contributed by atoms with Gasteiger partial charge in [0, 0.05) is 63.2 Å². The van der Waals surface area contributed by atoms with E-state index in [2.05, 4.69) is 262 Å². The molecular formula is C62H42N4. The fourth-order valence-electron chi connectivity index (χ4n) is 10.9. The lowest BCUT2D eigenvalue weighted by Gasteiger charge is -2.35. The van der Waals surface area contributed by atoms with Crippen LogP contribution in [0, 0.1) is 0 Å². The van der Waals surface area contributed by atoms with Gasteiger partial charge in [-0.3, -0.25) is 4.98 Å². The molecule has 66 heavy (non-hydrogen) atoms. The Bertz CT molecular complexity index is 3690. The van der Waals surface area contributed by atoms with Crippen LogP contribution in [0.1, 0.15) is 22.3 Å². The van der Waals surface area contributed by atoms with Crippen molar-refractivity contribution in [2.45, 2.75) is 5.41 Å². The van der Waals surface area contributed by atoms with Gasteiger partial charge in [-0.05, 0) is 129 Å². The monoisotopic (exact) mass is 842 g/mol. The molecule has 0 bridgehead atoms. The Kier molecular flexibility index (Phi) is 8.72. The van der Waals surface area contributed by atoms with Gasteiger partial charge in [0.05, 0.1) is 22.0 Å². The van der Waals surface area contributed by atoms with E-state index in [9.17, 15) is 0 Å². The molecule has 3 heterocycles. The van der Waals surface area contributed by atoms with Crippen LogP contribution in [-0.4, -0.2) is 14.1 Å². The van der Waals surface area contributed by atoms with E-state index in [4.69, 9.17) is 0 Å². The average Bonchev–Trinajstić information content (AvgIpc) is 4.07. The van der Waals surface area contributed by atoms with Crippen LogP contribution in [0.3, 0.4) is 0 Å². The molecule has 0 N–H and O–H groups in total. The third kappa shape index (κ3) is 5.75. The topological polar surface area (TPSA) is 26.0 Å². The van der Waals surface area contributed by atoms with Crippen molar-refractivity contribution in [2.24, 2.45) is 0 Å². The highest BCUT2D eigenvalue weighted by molar-refractivity contribution is 6.19. The molecule has 12 aromatic rings. The minimum Gasteiger partial charge on any atom is -0.315 e. The SMILES string of the molecule is c1ccc(-n2ccc3ccc4c5cc(N(c6ccc(-c7ccncc7)cc6)c6ccc7c(c6)C(c6ccccc6)(c6ccccc6)c6ccccc6-7)ccc5n(-c5ccccc5)c4c32)cc1. The lowest BCUT2D eigenvalue weighted by atomic mass is 9.67. The second-order valence-electron chi connectivity index (χ2n) is 17.2. The lowest BCUT2D eigenvalue weighted by molar-refractivity contribution is 0.768. The summed E-state index contributed by atoms with van der Waals surface area (Å²) in [5.41, 5.74) is 18.3. The van der Waals surface area contributed by atoms with E-state index in [0.29, 0.717) is 0 Å². The van der Waals surface area contributed by atoms with Crippen molar-refractivity contribution in [1.82, 2.24) is 14.1 Å². The van der Waals surface area contributed by atoms with E-state index in [1.807, 2.05) is 12.4 Å². The molecule has 0 fully saturated rings. The number of rotatable bonds is 8. The third-order valence-corrected chi connectivity index (χ3v) is 13.7. The third-order valence-electron chi connectivity index (χ3n) is 13.7. The van der Waals surface area contributed by atoms with Crippen molar-refractivity contribution in [3.05, 3.63) is 277 Å². The minimum absolute atomic E-state index is 0.534. The van der Waals surface area contributed by atoms with Crippen LogP contribution in [-0.2, 0) is 5.41 Å². The first-order chi connectivity index (χ1) is 32.8. The normalized spacial score (nSPS) is 12.7. The second-order valence-corrected chi connectivity index (χ2v) is 17.2. The zero-order valence-electron chi connectivity index (χ0n) is 36.0. The summed E-state index contributed by atoms with van der Waals surface area (Å²) in [5.74, 6) is 0. The van der Waals surface area contributed by atoms with Gasteiger partial charge in [0.15, 0.2) is 0 Å². The van der Waals surface area contributed by atoms with Gasteiger partial charge in [-0.2, -0.15) is 0 Å². The molecule has 0 spiro atoms. The summed E-state index contributed by atoms with van der Waals surface area (Å²) in [6.07, 6.45) is 5.91. The van der Waals surface area contributed by atoms with Gasteiger partial charge in [0.25, 0.3) is 0 Å². The Morgan fingerprint density at radius 3 is 1.68 bits per heavy atom. The molecular weight excluding hydrogens is 801 g/mol. The van der Waals surface area contributed by atoms with Crippen LogP contribution in [0.5, 0.6) is 0 Å². The van der Waals surface area contributed by atoms with Gasteiger partial charge < -0.3 is 14.0 Å². The molecule has 0 aliphatic heterocycles. The standard InChI is InChI=1S/C62H42N4/c1-5-15-46(16-6-1)62(47-17-7-2-8-18-47)57-24-14-13-23-53(57)54-33-30-52(42-58(54)62)65(50-28-25-43(26-29-50)44-35-38-63-39-36-44)51-31-34-59-56(41-51)55-32-27-45-37-40-64(48-19-9-3-10-20-48)60(45)61(55)66(59)49-21-11-4-12-22-49/h1-42H. The first-order valence-electron chi connectivity index (χ1n) is 22.6. The number of benzene rings is 9. The fraction of sp³-hybridized carbons (Fsp3) is 0.0161. The van der Waals surface area contributed by atoms with Crippen LogP contribution < -0.4 is 4.90 Å². The summed E-state index contributed by atoms with van der Waals surface area (Å²) >= 11 is 0. The van der Waals surface area contributed by atoms with Gasteiger partial charge in [-0.1, -0.05) is 152 Å². The van der Waals surface area contributed by atoms with E-state index in [1.165, 1.54) is 60.6 Å². The summed E-state index contributed by atoms with van der Waals surface area (Å²) in [4.78, 5) is 6.73. The van der Waals surface area contributed by atoms with Gasteiger partial charge in [-0.15, -0.1) is 0 Å². The number of fused-ring (bicyclic) bond motifs is 8. The lowest BCUT2D eigenvalue weighted by Crippen LogP contribution is -2.28. The molecule has 9 aromatic carbocycles. The van der Waals surface area contributed by atoms with Crippen molar-refractivity contribution in [1.29, 1.82) is 0 Å². The zero-order valence-corrected chi connectivity index (χ0v) is 36.0. The predicted octanol–water partition coefficient (Wildman–Crippen LogP) is 15.6. The van der Waals surface area contributed by atoms with E-state index < -0.39 is 5.41 Å². The molecule has 0 atom stereocenters. The molecule has 0 saturated carbocycles. The van der Waals surface area contributed by atoms with Crippen molar-refractivity contribution in [3.8, 4) is 33.6 Å². The maximum atomic E-state index is 4.28. The Hall–Kier alpha value is -8.73. The Morgan fingerprint density at radius 2 is 0.970 bits per heavy atom. The van der Waals surface area contributed by atoms with Gasteiger partial charge in [0.2, 0.25) is 0 Å². The molecule has 0 saturated heterocycles. The minimum atomic E-state index is -0.534. The highest BCUT2D eigenvalue weighted by Gasteiger charge is 2.46. The maximum Gasteiger partial charge on any atom is 0.0788 e. The summed E-state index contributed by atoms with van der Waals surface area (Å²) in [7, 11) is 0. The molecule has 4 heteroatoms. The average molecular weight is 843 g/mol. The summed E-state index contributed by atoms with van der Waals surface area (Å²) < 4.78 is 4.78. The van der Waals surface area contributed by atoms with Crippen molar-refractivity contribution < 1.29 is 0 Å². The fourth-order valence-corrected chi connectivity index (χ4v) is 10.9. The highest BCUT2D eigenvalue weighted by Crippen LogP contribution is 2.57. The van der Waals surface area contributed by atoms with Crippen LogP contribution in [0.4, 0.5) is 17.1 Å². The first-order valence-corrected chi connectivity index (χ1v) is 22.6. The number of para-hydroxylation sites is 2. The zero-order chi connectivity index (χ0) is 43.6. The van der Waals surface area contributed by atoms with Crippen LogP contribution in [0.15, 0.2) is 255 Å². The molecule has 1 aliphatic rings. The molecule has 3 aromatic heterocycles. The van der Waals surface area contributed by atoms with Gasteiger partial charge in [0.1, 0.15) is 0 Å². The summed E-state index contributed by atoms with van der Waals surface area (Å²) in [5, 5.41) is 3.58. The predicted molar refractivity (Wildman–Crippen MR) is 273 cm³/mol. The van der Waals surface area contributed by atoms with Gasteiger partial charge in [-0.25, -0.2) is 0 Å². The number of hydrogen-bond donors (Lipinski definition) is 0. The van der Waals surface area contributed by atoms with E-state index in [-0.39, 0.29) is 0 Å². The number of pyridine rings is 1. The van der Waals surface area contributed by atoms with Crippen molar-refractivity contribution >= 4 is 49.8 Å². The Labute approximate surface area is 383 Å². The summed E-state index contributed by atoms with van der Waals surface area (Å²) in [6.45, 7) is 0. The van der Waals surface area contributed by atoms with Crippen LogP contribution in [0.25, 0.3) is 66.3 Å². The quantitative estimate of drug-likeness (QED) is 0.152. The van der Waals surface area contributed by atoms with E-state index >= 15 is 0 Å². The van der Waals surface area contributed by atoms with Crippen molar-refractivity contribution in [3.63, 3.8) is 0 Å². The molecule has 1 aliphatic carbocycles. The Balaban J connectivity index is 1.08. The largest absolute Gasteiger partial charge is 0.315 e. The van der Waals surface area contributed by atoms with E-state index in [0.717, 1.165) is 45.1 Å². The van der Waals surface area contributed by atoms with Crippen LogP contribution in [0.2, 0.25) is 0 Å². The highest BCUT2D eigenvalue weighted by atomic mass is 15.1. The molecule has 4 nitrogen and oxygen atoms in total. The number of hydrogen-bond acceptors (Lipinski definition) is 2. The maximum absolute atomic E-state index is 4.28. The van der Waals surface area contributed by atoms with E-state index in [1.54, 1.807) is 0 Å². The van der Waals surface area contributed by atoms with Crippen LogP contribution >= 0.6 is 0 Å². The molecule has 0 unspecified atom stereocenters. The number of aromatic nitrogens is 3. The molecule has 310 valence electrons. The van der Waals surface area contributed by atoms with Gasteiger partial charge >= 0.3 is 0 Å². The smallest absolute Gasteiger partial charge is 0.0788 e. The Morgan fingerprint density at radius 1 is 0.394 bits per heavy atom. The summed E-state index contributed by atoms with van der Waals surface area (Å²) in [6, 6.07) is 86.6. The first kappa shape index (κ1) is 37.8. The second kappa shape index (κ2) is 15.2. The van der Waals surface area contributed by atoms with Crippen molar-refractivity contribution in [2.75, 3.05) is 4.90 Å². The number of nitrogens with zero attached hydrogens (tertiary/aromatic N) is 4.